The third-order valence-electron chi connectivity index (χ3n) is 5.15. The van der Waals surface area contributed by atoms with E-state index < -0.39 is 10.0 Å². The molecule has 1 heterocycles. The maximum atomic E-state index is 13.4. The normalized spacial score (nSPS) is 11.5. The molecule has 1 aromatic heterocycles. The average Bonchev–Trinajstić information content (AvgIpc) is 3.32. The predicted molar refractivity (Wildman–Crippen MR) is 124 cm³/mol. The van der Waals surface area contributed by atoms with Gasteiger partial charge in [0, 0.05) is 18.7 Å². The van der Waals surface area contributed by atoms with Crippen molar-refractivity contribution in [1.82, 2.24) is 9.46 Å². The summed E-state index contributed by atoms with van der Waals surface area (Å²) in [6, 6.07) is 24.9. The Hall–Kier alpha value is -3.62. The highest BCUT2D eigenvalue weighted by atomic mass is 32.2. The van der Waals surface area contributed by atoms with Crippen molar-refractivity contribution in [3.8, 4) is 22.8 Å². The van der Waals surface area contributed by atoms with E-state index in [1.165, 1.54) is 4.31 Å². The van der Waals surface area contributed by atoms with Gasteiger partial charge in [0.25, 0.3) is 0 Å². The zero-order valence-electron chi connectivity index (χ0n) is 18.3. The zero-order valence-corrected chi connectivity index (χ0v) is 19.2. The van der Waals surface area contributed by atoms with Gasteiger partial charge in [0.2, 0.25) is 10.0 Å². The Balaban J connectivity index is 1.66. The van der Waals surface area contributed by atoms with Crippen LogP contribution in [0, 0.1) is 0 Å². The molecular formula is C25H24N2O5S. The summed E-state index contributed by atoms with van der Waals surface area (Å²) in [6.07, 6.45) is 0. The zero-order chi connectivity index (χ0) is 23.3. The van der Waals surface area contributed by atoms with E-state index in [1.54, 1.807) is 62.8 Å². The lowest BCUT2D eigenvalue weighted by Crippen LogP contribution is -2.30. The van der Waals surface area contributed by atoms with Crippen LogP contribution >= 0.6 is 0 Å². The number of aromatic nitrogens is 1. The highest BCUT2D eigenvalue weighted by molar-refractivity contribution is 7.89. The molecule has 0 bridgehead atoms. The van der Waals surface area contributed by atoms with Crippen LogP contribution in [0.5, 0.6) is 11.5 Å². The number of hydrogen-bond donors (Lipinski definition) is 0. The Morgan fingerprint density at radius 2 is 1.55 bits per heavy atom. The van der Waals surface area contributed by atoms with Crippen molar-refractivity contribution in [2.75, 3.05) is 14.2 Å². The summed E-state index contributed by atoms with van der Waals surface area (Å²) in [4.78, 5) is 0.224. The van der Waals surface area contributed by atoms with Gasteiger partial charge in [0.05, 0.1) is 36.9 Å². The number of sulfonamides is 1. The number of methoxy groups -OCH3 is 2. The van der Waals surface area contributed by atoms with Crippen molar-refractivity contribution in [3.05, 3.63) is 96.2 Å². The summed E-state index contributed by atoms with van der Waals surface area (Å²) < 4.78 is 44.5. The second-order valence-electron chi connectivity index (χ2n) is 7.32. The third-order valence-corrected chi connectivity index (χ3v) is 6.96. The molecule has 8 heteroatoms. The Bertz CT molecular complexity index is 1310. The van der Waals surface area contributed by atoms with E-state index >= 15 is 0 Å². The SMILES string of the molecule is COc1ccc(-c2cc(CN(Cc3ccccc3)S(=O)(=O)c3ccccc3)no2)c(OC)c1. The molecule has 0 spiro atoms. The van der Waals surface area contributed by atoms with Crippen molar-refractivity contribution in [2.24, 2.45) is 0 Å². The smallest absolute Gasteiger partial charge is 0.243 e. The van der Waals surface area contributed by atoms with Crippen LogP contribution in [0.4, 0.5) is 0 Å². The van der Waals surface area contributed by atoms with Crippen LogP contribution in [0.25, 0.3) is 11.3 Å². The first-order valence-electron chi connectivity index (χ1n) is 10.3. The van der Waals surface area contributed by atoms with Crippen LogP contribution in [0.2, 0.25) is 0 Å². The quantitative estimate of drug-likeness (QED) is 0.356. The predicted octanol–water partition coefficient (Wildman–Crippen LogP) is 4.75. The van der Waals surface area contributed by atoms with Crippen molar-refractivity contribution >= 4 is 10.0 Å². The molecule has 7 nitrogen and oxygen atoms in total. The lowest BCUT2D eigenvalue weighted by atomic mass is 10.1. The van der Waals surface area contributed by atoms with Crippen LogP contribution in [0.15, 0.2) is 94.3 Å². The molecule has 0 fully saturated rings. The maximum absolute atomic E-state index is 13.4. The minimum Gasteiger partial charge on any atom is -0.497 e. The van der Waals surface area contributed by atoms with Crippen LogP contribution < -0.4 is 9.47 Å². The molecule has 0 radical (unpaired) electrons. The van der Waals surface area contributed by atoms with Crippen molar-refractivity contribution in [2.45, 2.75) is 18.0 Å². The summed E-state index contributed by atoms with van der Waals surface area (Å²) >= 11 is 0. The van der Waals surface area contributed by atoms with Crippen molar-refractivity contribution in [1.29, 1.82) is 0 Å². The fraction of sp³-hybridized carbons (Fsp3) is 0.160. The Morgan fingerprint density at radius 1 is 0.848 bits per heavy atom. The van der Waals surface area contributed by atoms with Crippen LogP contribution in [0.3, 0.4) is 0 Å². The fourth-order valence-corrected chi connectivity index (χ4v) is 4.87. The van der Waals surface area contributed by atoms with Gasteiger partial charge in [-0.05, 0) is 29.8 Å². The van der Waals surface area contributed by atoms with Crippen LogP contribution in [-0.2, 0) is 23.1 Å². The minimum atomic E-state index is -3.76. The van der Waals surface area contributed by atoms with Gasteiger partial charge in [-0.1, -0.05) is 53.7 Å². The summed E-state index contributed by atoms with van der Waals surface area (Å²) in [7, 11) is -0.626. The van der Waals surface area contributed by atoms with Gasteiger partial charge in [-0.2, -0.15) is 4.31 Å². The molecule has 0 aliphatic rings. The van der Waals surface area contributed by atoms with E-state index in [1.807, 2.05) is 36.4 Å². The monoisotopic (exact) mass is 464 g/mol. The van der Waals surface area contributed by atoms with Gasteiger partial charge in [0.1, 0.15) is 11.5 Å². The second kappa shape index (κ2) is 9.89. The molecule has 0 N–H and O–H groups in total. The fourth-order valence-electron chi connectivity index (χ4n) is 3.45. The Kier molecular flexibility index (Phi) is 6.76. The van der Waals surface area contributed by atoms with Crippen LogP contribution in [-0.4, -0.2) is 32.1 Å². The molecule has 0 amide bonds. The van der Waals surface area contributed by atoms with Crippen molar-refractivity contribution < 1.29 is 22.4 Å². The highest BCUT2D eigenvalue weighted by Crippen LogP contribution is 2.34. The van der Waals surface area contributed by atoms with E-state index in [0.717, 1.165) is 5.56 Å². The van der Waals surface area contributed by atoms with E-state index in [0.29, 0.717) is 28.5 Å². The van der Waals surface area contributed by atoms with Gasteiger partial charge in [-0.25, -0.2) is 8.42 Å². The van der Waals surface area contributed by atoms with Gasteiger partial charge >= 0.3 is 0 Å². The standard InChI is InChI=1S/C25H24N2O5S/c1-30-21-13-14-23(24(16-21)31-2)25-15-20(26-32-25)18-27(17-19-9-5-3-6-10-19)33(28,29)22-11-7-4-8-12-22/h3-16H,17-18H2,1-2H3. The number of nitrogens with zero attached hydrogens (tertiary/aromatic N) is 2. The third kappa shape index (κ3) is 5.08. The molecule has 0 atom stereocenters. The highest BCUT2D eigenvalue weighted by Gasteiger charge is 2.26. The molecule has 0 aliphatic carbocycles. The molecule has 0 aliphatic heterocycles. The molecule has 0 saturated carbocycles. The maximum Gasteiger partial charge on any atom is 0.243 e. The first kappa shape index (κ1) is 22.6. The second-order valence-corrected chi connectivity index (χ2v) is 9.26. The van der Waals surface area contributed by atoms with Gasteiger partial charge in [-0.3, -0.25) is 0 Å². The molecule has 0 unspecified atom stereocenters. The van der Waals surface area contributed by atoms with E-state index in [4.69, 9.17) is 14.0 Å². The molecule has 4 aromatic rings. The Morgan fingerprint density at radius 3 is 2.21 bits per heavy atom. The molecule has 4 rings (SSSR count). The number of benzene rings is 3. The molecular weight excluding hydrogens is 440 g/mol. The summed E-state index contributed by atoms with van der Waals surface area (Å²) in [5.41, 5.74) is 2.05. The van der Waals surface area contributed by atoms with Crippen molar-refractivity contribution in [3.63, 3.8) is 0 Å². The van der Waals surface area contributed by atoms with Gasteiger partial charge in [-0.15, -0.1) is 0 Å². The molecule has 3 aromatic carbocycles. The van der Waals surface area contributed by atoms with Gasteiger partial charge in [0.15, 0.2) is 5.76 Å². The number of hydrogen-bond acceptors (Lipinski definition) is 6. The first-order chi connectivity index (χ1) is 16.0. The topological polar surface area (TPSA) is 81.9 Å². The van der Waals surface area contributed by atoms with Gasteiger partial charge < -0.3 is 14.0 Å². The molecule has 33 heavy (non-hydrogen) atoms. The van der Waals surface area contributed by atoms with Crippen LogP contribution in [0.1, 0.15) is 11.3 Å². The average molecular weight is 465 g/mol. The summed E-state index contributed by atoms with van der Waals surface area (Å²) in [5, 5.41) is 4.13. The lowest BCUT2D eigenvalue weighted by Gasteiger charge is -2.21. The summed E-state index contributed by atoms with van der Waals surface area (Å²) in [6.45, 7) is 0.250. The summed E-state index contributed by atoms with van der Waals surface area (Å²) in [5.74, 6) is 1.69. The Labute approximate surface area is 193 Å². The minimum absolute atomic E-state index is 0.0497. The largest absolute Gasteiger partial charge is 0.497 e. The van der Waals surface area contributed by atoms with E-state index in [-0.39, 0.29) is 18.0 Å². The van der Waals surface area contributed by atoms with E-state index in [2.05, 4.69) is 5.16 Å². The molecule has 170 valence electrons. The molecule has 0 saturated heterocycles. The lowest BCUT2D eigenvalue weighted by molar-refractivity contribution is 0.370. The first-order valence-corrected chi connectivity index (χ1v) is 11.7. The number of rotatable bonds is 9. The van der Waals surface area contributed by atoms with E-state index in [9.17, 15) is 8.42 Å². The number of ether oxygens (including phenoxy) is 2.